The van der Waals surface area contributed by atoms with E-state index in [-0.39, 0.29) is 12.0 Å². The minimum absolute atomic E-state index is 0.00593. The summed E-state index contributed by atoms with van der Waals surface area (Å²) >= 11 is 0. The lowest BCUT2D eigenvalue weighted by atomic mass is 10.1. The van der Waals surface area contributed by atoms with E-state index in [1.165, 1.54) is 0 Å². The molecule has 2 rings (SSSR count). The van der Waals surface area contributed by atoms with E-state index >= 15 is 0 Å². The Morgan fingerprint density at radius 3 is 3.00 bits per heavy atom. The van der Waals surface area contributed by atoms with Crippen molar-refractivity contribution in [2.24, 2.45) is 0 Å². The quantitative estimate of drug-likeness (QED) is 0.843. The Labute approximate surface area is 95.8 Å². The molecule has 0 aromatic heterocycles. The second-order valence-corrected chi connectivity index (χ2v) is 4.16. The first-order valence-corrected chi connectivity index (χ1v) is 5.73. The van der Waals surface area contributed by atoms with Gasteiger partial charge in [0, 0.05) is 18.7 Å². The monoisotopic (exact) mass is 219 g/mol. The molecule has 0 bridgehead atoms. The molecule has 1 aliphatic heterocycles. The van der Waals surface area contributed by atoms with Crippen LogP contribution in [0, 0.1) is 6.92 Å². The van der Waals surface area contributed by atoms with Gasteiger partial charge in [0.1, 0.15) is 0 Å². The van der Waals surface area contributed by atoms with Crippen molar-refractivity contribution < 1.29 is 9.53 Å². The lowest BCUT2D eigenvalue weighted by molar-refractivity contribution is 0.0857. The maximum atomic E-state index is 11.9. The normalized spacial score (nSPS) is 19.7. The van der Waals surface area contributed by atoms with Gasteiger partial charge >= 0.3 is 0 Å². The van der Waals surface area contributed by atoms with Crippen LogP contribution in [0.3, 0.4) is 0 Å². The van der Waals surface area contributed by atoms with Gasteiger partial charge in [-0.05, 0) is 31.4 Å². The lowest BCUT2D eigenvalue weighted by Crippen LogP contribution is -2.32. The van der Waals surface area contributed by atoms with E-state index in [1.807, 2.05) is 31.2 Å². The van der Waals surface area contributed by atoms with Crippen LogP contribution < -0.4 is 5.32 Å². The van der Waals surface area contributed by atoms with Crippen LogP contribution in [0.1, 0.15) is 28.8 Å². The summed E-state index contributed by atoms with van der Waals surface area (Å²) in [6, 6.07) is 7.61. The molecular formula is C13H17NO2. The van der Waals surface area contributed by atoms with Gasteiger partial charge in [-0.25, -0.2) is 0 Å². The van der Waals surface area contributed by atoms with Crippen LogP contribution >= 0.6 is 0 Å². The number of carbonyl (C=O) groups excluding carboxylic acids is 1. The van der Waals surface area contributed by atoms with Crippen LogP contribution in [-0.2, 0) is 4.74 Å². The van der Waals surface area contributed by atoms with E-state index in [2.05, 4.69) is 5.32 Å². The predicted molar refractivity (Wildman–Crippen MR) is 62.5 cm³/mol. The van der Waals surface area contributed by atoms with Crippen molar-refractivity contribution in [2.45, 2.75) is 25.9 Å². The molecule has 1 amide bonds. The molecule has 0 spiro atoms. The molecule has 1 saturated heterocycles. The smallest absolute Gasteiger partial charge is 0.251 e. The van der Waals surface area contributed by atoms with Gasteiger partial charge in [-0.15, -0.1) is 0 Å². The molecule has 1 heterocycles. The molecular weight excluding hydrogens is 202 g/mol. The largest absolute Gasteiger partial charge is 0.376 e. The third kappa shape index (κ3) is 2.61. The molecule has 1 aromatic carbocycles. The predicted octanol–water partition coefficient (Wildman–Crippen LogP) is 1.90. The van der Waals surface area contributed by atoms with Crippen molar-refractivity contribution in [1.29, 1.82) is 0 Å². The minimum atomic E-state index is -0.00593. The van der Waals surface area contributed by atoms with E-state index in [9.17, 15) is 4.79 Å². The van der Waals surface area contributed by atoms with Crippen molar-refractivity contribution in [3.8, 4) is 0 Å². The van der Waals surface area contributed by atoms with Crippen molar-refractivity contribution in [2.75, 3.05) is 13.2 Å². The van der Waals surface area contributed by atoms with Crippen LogP contribution in [0.15, 0.2) is 24.3 Å². The Morgan fingerprint density at radius 1 is 1.50 bits per heavy atom. The molecule has 1 N–H and O–H groups in total. The topological polar surface area (TPSA) is 38.3 Å². The highest BCUT2D eigenvalue weighted by Crippen LogP contribution is 2.11. The van der Waals surface area contributed by atoms with E-state index in [1.54, 1.807) is 0 Å². The number of carbonyl (C=O) groups is 1. The van der Waals surface area contributed by atoms with Crippen molar-refractivity contribution in [3.63, 3.8) is 0 Å². The van der Waals surface area contributed by atoms with Gasteiger partial charge in [-0.1, -0.05) is 18.2 Å². The Hall–Kier alpha value is -1.35. The summed E-state index contributed by atoms with van der Waals surface area (Å²) in [5.74, 6) is -0.00593. The van der Waals surface area contributed by atoms with Crippen molar-refractivity contribution >= 4 is 5.91 Å². The van der Waals surface area contributed by atoms with Gasteiger partial charge in [-0.2, -0.15) is 0 Å². The molecule has 3 heteroatoms. The molecule has 16 heavy (non-hydrogen) atoms. The number of hydrogen-bond donors (Lipinski definition) is 1. The van der Waals surface area contributed by atoms with Crippen LogP contribution in [0.2, 0.25) is 0 Å². The van der Waals surface area contributed by atoms with E-state index in [0.717, 1.165) is 30.6 Å². The van der Waals surface area contributed by atoms with Gasteiger partial charge in [0.05, 0.1) is 6.10 Å². The van der Waals surface area contributed by atoms with Gasteiger partial charge in [-0.3, -0.25) is 4.79 Å². The maximum absolute atomic E-state index is 11.9. The van der Waals surface area contributed by atoms with Crippen molar-refractivity contribution in [3.05, 3.63) is 35.4 Å². The van der Waals surface area contributed by atoms with Crippen LogP contribution in [0.25, 0.3) is 0 Å². The number of amides is 1. The average molecular weight is 219 g/mol. The minimum Gasteiger partial charge on any atom is -0.376 e. The second-order valence-electron chi connectivity index (χ2n) is 4.16. The maximum Gasteiger partial charge on any atom is 0.251 e. The van der Waals surface area contributed by atoms with Gasteiger partial charge in [0.15, 0.2) is 0 Å². The van der Waals surface area contributed by atoms with Gasteiger partial charge < -0.3 is 10.1 Å². The summed E-state index contributed by atoms with van der Waals surface area (Å²) in [6.07, 6.45) is 2.35. The molecule has 0 unspecified atom stereocenters. The summed E-state index contributed by atoms with van der Waals surface area (Å²) < 4.78 is 5.45. The Bertz CT molecular complexity index is 370. The first-order valence-electron chi connectivity index (χ1n) is 5.73. The molecule has 0 radical (unpaired) electrons. The number of hydrogen-bond acceptors (Lipinski definition) is 2. The number of ether oxygens (including phenoxy) is 1. The molecule has 1 aliphatic rings. The number of aryl methyl sites for hydroxylation is 1. The molecule has 0 saturated carbocycles. The zero-order valence-corrected chi connectivity index (χ0v) is 9.53. The zero-order chi connectivity index (χ0) is 11.4. The summed E-state index contributed by atoms with van der Waals surface area (Å²) in [6.45, 7) is 3.39. The van der Waals surface area contributed by atoms with Crippen molar-refractivity contribution in [1.82, 2.24) is 5.32 Å². The number of nitrogens with one attached hydrogen (secondary N) is 1. The fraction of sp³-hybridized carbons (Fsp3) is 0.462. The fourth-order valence-corrected chi connectivity index (χ4v) is 1.93. The molecule has 0 aliphatic carbocycles. The number of rotatable bonds is 3. The van der Waals surface area contributed by atoms with Gasteiger partial charge in [0.25, 0.3) is 5.91 Å². The second kappa shape index (κ2) is 5.12. The highest BCUT2D eigenvalue weighted by molar-refractivity contribution is 5.95. The standard InChI is InChI=1S/C13H17NO2/c1-10-5-2-3-7-12(10)13(15)14-9-11-6-4-8-16-11/h2-3,5,7,11H,4,6,8-9H2,1H3,(H,14,15)/t11-/m1/s1. The highest BCUT2D eigenvalue weighted by atomic mass is 16.5. The SMILES string of the molecule is Cc1ccccc1C(=O)NC[C@H]1CCCO1. The summed E-state index contributed by atoms with van der Waals surface area (Å²) in [4.78, 5) is 11.9. The molecule has 1 aromatic rings. The summed E-state index contributed by atoms with van der Waals surface area (Å²) in [7, 11) is 0. The average Bonchev–Trinajstić information content (AvgIpc) is 2.79. The third-order valence-electron chi connectivity index (χ3n) is 2.90. The van der Waals surface area contributed by atoms with Crippen LogP contribution in [0.4, 0.5) is 0 Å². The Kier molecular flexibility index (Phi) is 3.57. The Balaban J connectivity index is 1.90. The van der Waals surface area contributed by atoms with E-state index in [4.69, 9.17) is 4.74 Å². The highest BCUT2D eigenvalue weighted by Gasteiger charge is 2.16. The Morgan fingerprint density at radius 2 is 2.31 bits per heavy atom. The molecule has 1 atom stereocenters. The zero-order valence-electron chi connectivity index (χ0n) is 9.53. The number of benzene rings is 1. The van der Waals surface area contributed by atoms with Crippen LogP contribution in [0.5, 0.6) is 0 Å². The lowest BCUT2D eigenvalue weighted by Gasteiger charge is -2.11. The third-order valence-corrected chi connectivity index (χ3v) is 2.90. The first kappa shape index (κ1) is 11.1. The first-order chi connectivity index (χ1) is 7.77. The van der Waals surface area contributed by atoms with Crippen LogP contribution in [-0.4, -0.2) is 25.2 Å². The van der Waals surface area contributed by atoms with E-state index in [0.29, 0.717) is 6.54 Å². The molecule has 3 nitrogen and oxygen atoms in total. The van der Waals surface area contributed by atoms with Gasteiger partial charge in [0.2, 0.25) is 0 Å². The molecule has 86 valence electrons. The van der Waals surface area contributed by atoms with E-state index < -0.39 is 0 Å². The summed E-state index contributed by atoms with van der Waals surface area (Å²) in [5.41, 5.74) is 1.76. The molecule has 1 fully saturated rings. The fourth-order valence-electron chi connectivity index (χ4n) is 1.93. The summed E-state index contributed by atoms with van der Waals surface area (Å²) in [5, 5.41) is 2.92.